The third-order valence-electron chi connectivity index (χ3n) is 3.07. The number of rotatable bonds is 2. The molecule has 1 aromatic carbocycles. The SMILES string of the molecule is CC1(C)Cc2cc(C=Cc3csc(N)n3)ccc2O1. The number of nitrogens with zero attached hydrogens (tertiary/aromatic N) is 1. The molecule has 4 heteroatoms. The van der Waals surface area contributed by atoms with Gasteiger partial charge in [-0.2, -0.15) is 0 Å². The molecule has 3 nitrogen and oxygen atoms in total. The van der Waals surface area contributed by atoms with Crippen molar-refractivity contribution >= 4 is 28.6 Å². The van der Waals surface area contributed by atoms with E-state index in [9.17, 15) is 0 Å². The lowest BCUT2D eigenvalue weighted by Gasteiger charge is -2.16. The van der Waals surface area contributed by atoms with Gasteiger partial charge in [0.15, 0.2) is 5.13 Å². The van der Waals surface area contributed by atoms with E-state index in [1.54, 1.807) is 0 Å². The molecule has 98 valence electrons. The van der Waals surface area contributed by atoms with Gasteiger partial charge in [0.2, 0.25) is 0 Å². The lowest BCUT2D eigenvalue weighted by molar-refractivity contribution is 0.138. The standard InChI is InChI=1S/C15H16N2OS/c1-15(2)8-11-7-10(4-6-13(11)18-15)3-5-12-9-19-14(16)17-12/h3-7,9H,8H2,1-2H3,(H2,16,17). The highest BCUT2D eigenvalue weighted by Gasteiger charge is 2.29. The second kappa shape index (κ2) is 4.38. The molecule has 0 spiro atoms. The Morgan fingerprint density at radius 2 is 2.21 bits per heavy atom. The molecule has 0 amide bonds. The Kier molecular flexibility index (Phi) is 2.82. The zero-order valence-corrected chi connectivity index (χ0v) is 11.8. The lowest BCUT2D eigenvalue weighted by Crippen LogP contribution is -2.24. The smallest absolute Gasteiger partial charge is 0.180 e. The molecule has 0 unspecified atom stereocenters. The van der Waals surface area contributed by atoms with Crippen molar-refractivity contribution in [3.63, 3.8) is 0 Å². The highest BCUT2D eigenvalue weighted by molar-refractivity contribution is 7.13. The average molecular weight is 272 g/mol. The summed E-state index contributed by atoms with van der Waals surface area (Å²) >= 11 is 1.45. The van der Waals surface area contributed by atoms with Crippen LogP contribution in [0.15, 0.2) is 23.6 Å². The molecule has 2 aromatic rings. The Balaban J connectivity index is 1.82. The van der Waals surface area contributed by atoms with E-state index in [1.165, 1.54) is 16.9 Å². The van der Waals surface area contributed by atoms with Crippen LogP contribution in [0.1, 0.15) is 30.7 Å². The van der Waals surface area contributed by atoms with E-state index in [0.29, 0.717) is 5.13 Å². The maximum Gasteiger partial charge on any atom is 0.180 e. The minimum atomic E-state index is -0.0893. The predicted octanol–water partition coefficient (Wildman–Crippen LogP) is 3.61. The Bertz CT molecular complexity index is 643. The zero-order valence-electron chi connectivity index (χ0n) is 11.0. The Morgan fingerprint density at radius 3 is 2.95 bits per heavy atom. The molecular weight excluding hydrogens is 256 g/mol. The molecule has 3 rings (SSSR count). The number of hydrogen-bond acceptors (Lipinski definition) is 4. The van der Waals surface area contributed by atoms with Crippen LogP contribution in [-0.4, -0.2) is 10.6 Å². The minimum Gasteiger partial charge on any atom is -0.487 e. The Hall–Kier alpha value is -1.81. The van der Waals surface area contributed by atoms with Crippen molar-refractivity contribution in [2.75, 3.05) is 5.73 Å². The number of anilines is 1. The van der Waals surface area contributed by atoms with E-state index in [1.807, 2.05) is 17.5 Å². The van der Waals surface area contributed by atoms with Crippen molar-refractivity contribution in [2.45, 2.75) is 25.9 Å². The zero-order chi connectivity index (χ0) is 13.5. The summed E-state index contributed by atoms with van der Waals surface area (Å²) < 4.78 is 5.86. The highest BCUT2D eigenvalue weighted by atomic mass is 32.1. The second-order valence-electron chi connectivity index (χ2n) is 5.35. The molecule has 19 heavy (non-hydrogen) atoms. The molecule has 1 aliphatic heterocycles. The number of nitrogen functional groups attached to an aromatic ring is 1. The van der Waals surface area contributed by atoms with Crippen molar-refractivity contribution in [1.29, 1.82) is 0 Å². The highest BCUT2D eigenvalue weighted by Crippen LogP contribution is 2.35. The number of hydrogen-bond donors (Lipinski definition) is 1. The topological polar surface area (TPSA) is 48.1 Å². The maximum absolute atomic E-state index is 5.86. The van der Waals surface area contributed by atoms with Crippen LogP contribution in [0.5, 0.6) is 5.75 Å². The van der Waals surface area contributed by atoms with Crippen LogP contribution in [0.25, 0.3) is 12.2 Å². The predicted molar refractivity (Wildman–Crippen MR) is 80.3 cm³/mol. The van der Waals surface area contributed by atoms with Crippen LogP contribution in [0.4, 0.5) is 5.13 Å². The van der Waals surface area contributed by atoms with Gasteiger partial charge in [-0.15, -0.1) is 11.3 Å². The second-order valence-corrected chi connectivity index (χ2v) is 6.24. The fourth-order valence-corrected chi connectivity index (χ4v) is 2.82. The van der Waals surface area contributed by atoms with Crippen molar-refractivity contribution < 1.29 is 4.74 Å². The first-order valence-electron chi connectivity index (χ1n) is 6.23. The summed E-state index contributed by atoms with van der Waals surface area (Å²) in [5, 5.41) is 2.55. The fourth-order valence-electron chi connectivity index (χ4n) is 2.29. The first-order chi connectivity index (χ1) is 9.02. The Labute approximate surface area is 116 Å². The van der Waals surface area contributed by atoms with Gasteiger partial charge in [-0.3, -0.25) is 0 Å². The summed E-state index contributed by atoms with van der Waals surface area (Å²) in [5.41, 5.74) is 8.85. The lowest BCUT2D eigenvalue weighted by atomic mass is 10.00. The van der Waals surface area contributed by atoms with E-state index in [0.717, 1.165) is 23.4 Å². The molecule has 0 saturated carbocycles. The summed E-state index contributed by atoms with van der Waals surface area (Å²) in [6.07, 6.45) is 4.99. The molecule has 2 heterocycles. The normalized spacial score (nSPS) is 16.5. The molecule has 1 aromatic heterocycles. The minimum absolute atomic E-state index is 0.0893. The number of aromatic nitrogens is 1. The van der Waals surface area contributed by atoms with Crippen LogP contribution in [0, 0.1) is 0 Å². The number of thiazole rings is 1. The number of fused-ring (bicyclic) bond motifs is 1. The quantitative estimate of drug-likeness (QED) is 0.908. The summed E-state index contributed by atoms with van der Waals surface area (Å²) in [6, 6.07) is 6.28. The molecule has 0 aliphatic carbocycles. The van der Waals surface area contributed by atoms with E-state index in [2.05, 4.69) is 37.0 Å². The first-order valence-corrected chi connectivity index (χ1v) is 7.11. The molecule has 0 saturated heterocycles. The van der Waals surface area contributed by atoms with Gasteiger partial charge in [-0.1, -0.05) is 12.1 Å². The van der Waals surface area contributed by atoms with E-state index in [4.69, 9.17) is 10.5 Å². The van der Waals surface area contributed by atoms with Crippen LogP contribution in [0.2, 0.25) is 0 Å². The summed E-state index contributed by atoms with van der Waals surface area (Å²) in [6.45, 7) is 4.22. The van der Waals surface area contributed by atoms with Gasteiger partial charge >= 0.3 is 0 Å². The van der Waals surface area contributed by atoms with Gasteiger partial charge in [-0.05, 0) is 43.2 Å². The molecule has 0 radical (unpaired) electrons. The van der Waals surface area contributed by atoms with Crippen molar-refractivity contribution in [3.8, 4) is 5.75 Å². The van der Waals surface area contributed by atoms with Crippen LogP contribution in [-0.2, 0) is 6.42 Å². The number of benzene rings is 1. The molecule has 0 bridgehead atoms. The summed E-state index contributed by atoms with van der Waals surface area (Å²) in [7, 11) is 0. The molecule has 1 aliphatic rings. The van der Waals surface area contributed by atoms with Gasteiger partial charge < -0.3 is 10.5 Å². The van der Waals surface area contributed by atoms with Crippen LogP contribution < -0.4 is 10.5 Å². The van der Waals surface area contributed by atoms with E-state index in [-0.39, 0.29) is 5.60 Å². The molecular formula is C15H16N2OS. The summed E-state index contributed by atoms with van der Waals surface area (Å²) in [4.78, 5) is 4.21. The Morgan fingerprint density at radius 1 is 1.37 bits per heavy atom. The monoisotopic (exact) mass is 272 g/mol. The van der Waals surface area contributed by atoms with Crippen molar-refractivity contribution in [3.05, 3.63) is 40.4 Å². The molecule has 0 fully saturated rings. The third-order valence-corrected chi connectivity index (χ3v) is 3.77. The third kappa shape index (κ3) is 2.63. The van der Waals surface area contributed by atoms with Gasteiger partial charge in [0.05, 0.1) is 5.69 Å². The van der Waals surface area contributed by atoms with Crippen LogP contribution >= 0.6 is 11.3 Å². The van der Waals surface area contributed by atoms with E-state index < -0.39 is 0 Å². The van der Waals surface area contributed by atoms with Crippen LogP contribution in [0.3, 0.4) is 0 Å². The molecule has 2 N–H and O–H groups in total. The fraction of sp³-hybridized carbons (Fsp3) is 0.267. The first kappa shape index (κ1) is 12.2. The largest absolute Gasteiger partial charge is 0.487 e. The van der Waals surface area contributed by atoms with Gasteiger partial charge in [0, 0.05) is 11.8 Å². The maximum atomic E-state index is 5.86. The van der Waals surface area contributed by atoms with Crippen molar-refractivity contribution in [1.82, 2.24) is 4.98 Å². The van der Waals surface area contributed by atoms with Gasteiger partial charge in [-0.25, -0.2) is 4.98 Å². The summed E-state index contributed by atoms with van der Waals surface area (Å²) in [5.74, 6) is 1.00. The van der Waals surface area contributed by atoms with Crippen molar-refractivity contribution in [2.24, 2.45) is 0 Å². The van der Waals surface area contributed by atoms with Gasteiger partial charge in [0.25, 0.3) is 0 Å². The van der Waals surface area contributed by atoms with Gasteiger partial charge in [0.1, 0.15) is 11.4 Å². The number of nitrogens with two attached hydrogens (primary N) is 1. The average Bonchev–Trinajstić information content (AvgIpc) is 2.87. The molecule has 0 atom stereocenters. The van der Waals surface area contributed by atoms with E-state index >= 15 is 0 Å². The number of ether oxygens (including phenoxy) is 1.